The van der Waals surface area contributed by atoms with Crippen molar-refractivity contribution in [3.63, 3.8) is 0 Å². The van der Waals surface area contributed by atoms with Crippen molar-refractivity contribution in [2.75, 3.05) is 6.61 Å². The number of rotatable bonds is 6. The van der Waals surface area contributed by atoms with E-state index in [1.54, 1.807) is 19.1 Å². The van der Waals surface area contributed by atoms with Gasteiger partial charge >= 0.3 is 0 Å². The van der Waals surface area contributed by atoms with Gasteiger partial charge in [-0.1, -0.05) is 60.1 Å². The second kappa shape index (κ2) is 9.49. The number of para-hydroxylation sites is 1. The highest BCUT2D eigenvalue weighted by atomic mass is 35.5. The average Bonchev–Trinajstić information content (AvgIpc) is 2.82. The molecular weight excluding hydrogens is 426 g/mol. The minimum atomic E-state index is -0.369. The number of nitrogens with zero attached hydrogens (tertiary/aromatic N) is 2. The number of carbonyl (C=O) groups is 1. The molecule has 0 fully saturated rings. The molecule has 0 aliphatic heterocycles. The molecule has 1 aromatic heterocycles. The summed E-state index contributed by atoms with van der Waals surface area (Å²) >= 11 is 6.05. The standard InChI is InChI=1S/C25H20ClN3O3/c1-2-32-23-13-16(12-20(26)24(23)30)15-27-29-25(31)19-14-22(17-8-4-3-5-9-17)28-21-11-7-6-10-18(19)21/h3-15,30H,2H2,1H3,(H,29,31)/b27-15+. The number of phenolic OH excluding ortho intramolecular Hbond substituents is 1. The molecule has 2 N–H and O–H groups in total. The first-order valence-corrected chi connectivity index (χ1v) is 10.4. The fraction of sp³-hybridized carbons (Fsp3) is 0.0800. The van der Waals surface area contributed by atoms with Gasteiger partial charge in [-0.25, -0.2) is 10.4 Å². The molecule has 160 valence electrons. The van der Waals surface area contributed by atoms with Crippen LogP contribution < -0.4 is 10.2 Å². The number of hydrogen-bond acceptors (Lipinski definition) is 5. The molecule has 6 nitrogen and oxygen atoms in total. The van der Waals surface area contributed by atoms with Crippen molar-refractivity contribution >= 4 is 34.6 Å². The maximum atomic E-state index is 13.0. The maximum absolute atomic E-state index is 13.0. The fourth-order valence-corrected chi connectivity index (χ4v) is 3.50. The molecular formula is C25H20ClN3O3. The van der Waals surface area contributed by atoms with Crippen molar-refractivity contribution in [2.45, 2.75) is 6.92 Å². The van der Waals surface area contributed by atoms with Crippen molar-refractivity contribution in [3.8, 4) is 22.8 Å². The van der Waals surface area contributed by atoms with Crippen LogP contribution in [0.15, 0.2) is 77.9 Å². The molecule has 0 saturated carbocycles. The number of aromatic hydroxyl groups is 1. The molecule has 4 aromatic rings. The van der Waals surface area contributed by atoms with Crippen molar-refractivity contribution in [1.29, 1.82) is 0 Å². The Morgan fingerprint density at radius 2 is 1.88 bits per heavy atom. The Hall–Kier alpha value is -3.90. The van der Waals surface area contributed by atoms with E-state index < -0.39 is 0 Å². The third-order valence-corrected chi connectivity index (χ3v) is 5.05. The number of phenols is 1. The van der Waals surface area contributed by atoms with Crippen LogP contribution in [0.3, 0.4) is 0 Å². The zero-order valence-corrected chi connectivity index (χ0v) is 18.0. The molecule has 1 amide bonds. The highest BCUT2D eigenvalue weighted by Gasteiger charge is 2.14. The summed E-state index contributed by atoms with van der Waals surface area (Å²) < 4.78 is 5.37. The highest BCUT2D eigenvalue weighted by molar-refractivity contribution is 6.32. The topological polar surface area (TPSA) is 83.8 Å². The van der Waals surface area contributed by atoms with E-state index in [0.717, 1.165) is 16.5 Å². The highest BCUT2D eigenvalue weighted by Crippen LogP contribution is 2.34. The molecule has 7 heteroatoms. The van der Waals surface area contributed by atoms with Crippen molar-refractivity contribution in [1.82, 2.24) is 10.4 Å². The molecule has 0 atom stereocenters. The summed E-state index contributed by atoms with van der Waals surface area (Å²) in [5.41, 5.74) is 5.93. The fourth-order valence-electron chi connectivity index (χ4n) is 3.28. The van der Waals surface area contributed by atoms with Gasteiger partial charge in [-0.05, 0) is 36.8 Å². The quantitative estimate of drug-likeness (QED) is 0.306. The largest absolute Gasteiger partial charge is 0.503 e. The number of fused-ring (bicyclic) bond motifs is 1. The second-order valence-corrected chi connectivity index (χ2v) is 7.33. The zero-order chi connectivity index (χ0) is 22.5. The van der Waals surface area contributed by atoms with Gasteiger partial charge in [0, 0.05) is 10.9 Å². The van der Waals surface area contributed by atoms with Crippen molar-refractivity contribution in [2.24, 2.45) is 5.10 Å². The van der Waals surface area contributed by atoms with E-state index in [4.69, 9.17) is 21.3 Å². The van der Waals surface area contributed by atoms with Gasteiger partial charge < -0.3 is 9.84 Å². The minimum absolute atomic E-state index is 0.133. The summed E-state index contributed by atoms with van der Waals surface area (Å²) in [6.45, 7) is 2.18. The lowest BCUT2D eigenvalue weighted by molar-refractivity contribution is 0.0956. The SMILES string of the molecule is CCOc1cc(/C=N/NC(=O)c2cc(-c3ccccc3)nc3ccccc23)cc(Cl)c1O. The van der Waals surface area contributed by atoms with E-state index in [-0.39, 0.29) is 22.4 Å². The summed E-state index contributed by atoms with van der Waals surface area (Å²) in [4.78, 5) is 17.7. The number of halogens is 1. The van der Waals surface area contributed by atoms with Crippen LogP contribution in [0.25, 0.3) is 22.2 Å². The lowest BCUT2D eigenvalue weighted by atomic mass is 10.0. The third-order valence-electron chi connectivity index (χ3n) is 4.76. The monoisotopic (exact) mass is 445 g/mol. The van der Waals surface area contributed by atoms with Gasteiger partial charge in [0.25, 0.3) is 5.91 Å². The molecule has 3 aromatic carbocycles. The van der Waals surface area contributed by atoms with Crippen LogP contribution in [0.4, 0.5) is 0 Å². The van der Waals surface area contributed by atoms with E-state index >= 15 is 0 Å². The third kappa shape index (κ3) is 4.55. The summed E-state index contributed by atoms with van der Waals surface area (Å²) in [5.74, 6) is -0.251. The van der Waals surface area contributed by atoms with Crippen LogP contribution in [0.1, 0.15) is 22.8 Å². The summed E-state index contributed by atoms with van der Waals surface area (Å²) in [6, 6.07) is 22.0. The normalized spacial score (nSPS) is 11.1. The second-order valence-electron chi connectivity index (χ2n) is 6.92. The predicted molar refractivity (Wildman–Crippen MR) is 127 cm³/mol. The first-order chi connectivity index (χ1) is 15.6. The lowest BCUT2D eigenvalue weighted by Crippen LogP contribution is -2.18. The number of ether oxygens (including phenoxy) is 1. The van der Waals surface area contributed by atoms with Crippen molar-refractivity contribution in [3.05, 3.63) is 88.9 Å². The van der Waals surface area contributed by atoms with Crippen LogP contribution in [0, 0.1) is 0 Å². The number of aromatic nitrogens is 1. The number of amides is 1. The number of pyridine rings is 1. The number of hydrazone groups is 1. The Labute approximate surface area is 190 Å². The minimum Gasteiger partial charge on any atom is -0.503 e. The first-order valence-electron chi connectivity index (χ1n) is 10.0. The molecule has 1 heterocycles. The smallest absolute Gasteiger partial charge is 0.272 e. The average molecular weight is 446 g/mol. The van der Waals surface area contributed by atoms with Gasteiger partial charge in [-0.2, -0.15) is 5.10 Å². The molecule has 0 bridgehead atoms. The van der Waals surface area contributed by atoms with E-state index in [0.29, 0.717) is 23.4 Å². The van der Waals surface area contributed by atoms with Crippen LogP contribution in [-0.2, 0) is 0 Å². The Kier molecular flexibility index (Phi) is 6.33. The van der Waals surface area contributed by atoms with E-state index in [9.17, 15) is 9.90 Å². The molecule has 0 unspecified atom stereocenters. The number of carbonyl (C=O) groups excluding carboxylic acids is 1. The number of hydrogen-bond donors (Lipinski definition) is 2. The lowest BCUT2D eigenvalue weighted by Gasteiger charge is -2.09. The Balaban J connectivity index is 1.63. The molecule has 0 aliphatic rings. The van der Waals surface area contributed by atoms with Crippen LogP contribution in [0.2, 0.25) is 5.02 Å². The Bertz CT molecular complexity index is 1310. The van der Waals surface area contributed by atoms with Crippen LogP contribution >= 0.6 is 11.6 Å². The van der Waals surface area contributed by atoms with Gasteiger partial charge in [-0.15, -0.1) is 0 Å². The summed E-state index contributed by atoms with van der Waals surface area (Å²) in [7, 11) is 0. The number of nitrogens with one attached hydrogen (secondary N) is 1. The van der Waals surface area contributed by atoms with Gasteiger partial charge in [0.1, 0.15) is 0 Å². The summed E-state index contributed by atoms with van der Waals surface area (Å²) in [6.07, 6.45) is 1.44. The van der Waals surface area contributed by atoms with Crippen LogP contribution in [-0.4, -0.2) is 28.8 Å². The zero-order valence-electron chi connectivity index (χ0n) is 17.2. The Morgan fingerprint density at radius 1 is 1.12 bits per heavy atom. The Morgan fingerprint density at radius 3 is 2.66 bits per heavy atom. The van der Waals surface area contributed by atoms with E-state index in [2.05, 4.69) is 10.5 Å². The van der Waals surface area contributed by atoms with Gasteiger partial charge in [0.05, 0.1) is 34.6 Å². The molecule has 0 saturated heterocycles. The van der Waals surface area contributed by atoms with Gasteiger partial charge in [-0.3, -0.25) is 4.79 Å². The summed E-state index contributed by atoms with van der Waals surface area (Å²) in [5, 5.41) is 14.9. The molecule has 4 rings (SSSR count). The molecule has 0 spiro atoms. The molecule has 0 aliphatic carbocycles. The molecule has 32 heavy (non-hydrogen) atoms. The maximum Gasteiger partial charge on any atom is 0.272 e. The van der Waals surface area contributed by atoms with E-state index in [1.807, 2.05) is 54.6 Å². The molecule has 0 radical (unpaired) electrons. The van der Waals surface area contributed by atoms with Gasteiger partial charge in [0.2, 0.25) is 0 Å². The number of benzene rings is 3. The van der Waals surface area contributed by atoms with Gasteiger partial charge in [0.15, 0.2) is 11.5 Å². The predicted octanol–water partition coefficient (Wildman–Crippen LogP) is 5.42. The van der Waals surface area contributed by atoms with E-state index in [1.165, 1.54) is 12.3 Å². The van der Waals surface area contributed by atoms with Crippen molar-refractivity contribution < 1.29 is 14.6 Å². The van der Waals surface area contributed by atoms with Crippen LogP contribution in [0.5, 0.6) is 11.5 Å². The first kappa shape index (κ1) is 21.3.